The summed E-state index contributed by atoms with van der Waals surface area (Å²) in [6.45, 7) is 3.22. The number of piperazine rings is 1. The predicted octanol–water partition coefficient (Wildman–Crippen LogP) is 2.98. The summed E-state index contributed by atoms with van der Waals surface area (Å²) in [4.78, 5) is 31.5. The van der Waals surface area contributed by atoms with E-state index in [1.54, 1.807) is 0 Å². The fourth-order valence-corrected chi connectivity index (χ4v) is 4.48. The summed E-state index contributed by atoms with van der Waals surface area (Å²) in [7, 11) is 1.93. The van der Waals surface area contributed by atoms with Crippen molar-refractivity contribution in [2.45, 2.75) is 25.3 Å². The highest BCUT2D eigenvalue weighted by molar-refractivity contribution is 5.94. The van der Waals surface area contributed by atoms with E-state index in [1.165, 1.54) is 11.1 Å². The van der Waals surface area contributed by atoms with Gasteiger partial charge in [-0.1, -0.05) is 42.5 Å². The fraction of sp³-hybridized carbons (Fsp3) is 0.417. The Morgan fingerprint density at radius 3 is 2.41 bits per heavy atom. The van der Waals surface area contributed by atoms with Crippen LogP contribution in [0.4, 0.5) is 0 Å². The van der Waals surface area contributed by atoms with Crippen molar-refractivity contribution in [1.29, 1.82) is 0 Å². The third kappa shape index (κ3) is 4.35. The second kappa shape index (κ2) is 8.78. The molecule has 0 aromatic heterocycles. The minimum Gasteiger partial charge on any atom is -0.338 e. The first-order chi connectivity index (χ1) is 14.1. The molecule has 5 heteroatoms. The van der Waals surface area contributed by atoms with Gasteiger partial charge in [-0.25, -0.2) is 0 Å². The van der Waals surface area contributed by atoms with Crippen LogP contribution in [0.15, 0.2) is 54.6 Å². The summed E-state index contributed by atoms with van der Waals surface area (Å²) in [6, 6.07) is 18.1. The van der Waals surface area contributed by atoms with Gasteiger partial charge in [-0.15, -0.1) is 0 Å². The summed E-state index contributed by atoms with van der Waals surface area (Å²) in [5.74, 6) is 0.238. The average molecular weight is 392 g/mol. The molecule has 2 aromatic rings. The number of hydrogen-bond donors (Lipinski definition) is 0. The van der Waals surface area contributed by atoms with Gasteiger partial charge < -0.3 is 9.80 Å². The predicted molar refractivity (Wildman–Crippen MR) is 114 cm³/mol. The second-order valence-electron chi connectivity index (χ2n) is 8.05. The number of fused-ring (bicyclic) bond motifs is 1. The Labute approximate surface area is 172 Å². The van der Waals surface area contributed by atoms with Crippen LogP contribution in [0.25, 0.3) is 0 Å². The van der Waals surface area contributed by atoms with Crippen LogP contribution in [-0.2, 0) is 11.2 Å². The number of aryl methyl sites for hydroxylation is 1. The molecule has 29 heavy (non-hydrogen) atoms. The van der Waals surface area contributed by atoms with Gasteiger partial charge in [0.1, 0.15) is 0 Å². The SMILES string of the molecule is CN(C(=O)CN1CCN(C(=O)c2ccccc2)CC1)C1CCCc2ccccc21. The smallest absolute Gasteiger partial charge is 0.253 e. The minimum absolute atomic E-state index is 0.0764. The zero-order valence-electron chi connectivity index (χ0n) is 17.1. The van der Waals surface area contributed by atoms with Crippen molar-refractivity contribution in [2.75, 3.05) is 39.8 Å². The molecule has 5 nitrogen and oxygen atoms in total. The molecule has 0 radical (unpaired) electrons. The number of hydrogen-bond acceptors (Lipinski definition) is 3. The van der Waals surface area contributed by atoms with Gasteiger partial charge in [-0.2, -0.15) is 0 Å². The zero-order valence-corrected chi connectivity index (χ0v) is 17.1. The number of rotatable bonds is 4. The highest BCUT2D eigenvalue weighted by atomic mass is 16.2. The first-order valence-corrected chi connectivity index (χ1v) is 10.5. The van der Waals surface area contributed by atoms with Crippen molar-refractivity contribution < 1.29 is 9.59 Å². The van der Waals surface area contributed by atoms with Gasteiger partial charge in [-0.05, 0) is 42.5 Å². The van der Waals surface area contributed by atoms with Crippen LogP contribution < -0.4 is 0 Å². The third-order valence-corrected chi connectivity index (χ3v) is 6.24. The molecule has 1 fully saturated rings. The van der Waals surface area contributed by atoms with E-state index in [0.29, 0.717) is 19.6 Å². The summed E-state index contributed by atoms with van der Waals surface area (Å²) in [5, 5.41) is 0. The molecular formula is C24H29N3O2. The maximum absolute atomic E-state index is 13.0. The van der Waals surface area contributed by atoms with Crippen molar-refractivity contribution in [3.05, 3.63) is 71.3 Å². The Hall–Kier alpha value is -2.66. The van der Waals surface area contributed by atoms with Gasteiger partial charge in [0.25, 0.3) is 5.91 Å². The first kappa shape index (κ1) is 19.6. The standard InChI is InChI=1S/C24H29N3O2/c1-25(22-13-7-11-19-8-5-6-12-21(19)22)23(28)18-26-14-16-27(17-15-26)24(29)20-9-3-2-4-10-20/h2-6,8-10,12,22H,7,11,13-18H2,1H3. The van der Waals surface area contributed by atoms with Crippen molar-refractivity contribution in [1.82, 2.24) is 14.7 Å². The normalized spacial score (nSPS) is 19.5. The zero-order chi connectivity index (χ0) is 20.2. The monoisotopic (exact) mass is 391 g/mol. The Balaban J connectivity index is 1.32. The molecule has 1 heterocycles. The van der Waals surface area contributed by atoms with E-state index in [0.717, 1.165) is 37.9 Å². The molecule has 1 saturated heterocycles. The number of likely N-dealkylation sites (N-methyl/N-ethyl adjacent to an activating group) is 1. The molecule has 152 valence electrons. The molecule has 0 N–H and O–H groups in total. The first-order valence-electron chi connectivity index (χ1n) is 10.5. The Morgan fingerprint density at radius 2 is 1.66 bits per heavy atom. The van der Waals surface area contributed by atoms with Gasteiger partial charge in [-0.3, -0.25) is 14.5 Å². The highest BCUT2D eigenvalue weighted by Gasteiger charge is 2.29. The third-order valence-electron chi connectivity index (χ3n) is 6.24. The maximum Gasteiger partial charge on any atom is 0.253 e. The van der Waals surface area contributed by atoms with E-state index in [9.17, 15) is 9.59 Å². The molecule has 1 aliphatic carbocycles. The molecular weight excluding hydrogens is 362 g/mol. The van der Waals surface area contributed by atoms with Crippen molar-refractivity contribution >= 4 is 11.8 Å². The van der Waals surface area contributed by atoms with Crippen LogP contribution in [-0.4, -0.2) is 66.3 Å². The molecule has 2 amide bonds. The topological polar surface area (TPSA) is 43.9 Å². The largest absolute Gasteiger partial charge is 0.338 e. The van der Waals surface area contributed by atoms with Crippen molar-refractivity contribution in [2.24, 2.45) is 0 Å². The highest BCUT2D eigenvalue weighted by Crippen LogP contribution is 2.33. The summed E-state index contributed by atoms with van der Waals surface area (Å²) < 4.78 is 0. The van der Waals surface area contributed by atoms with Crippen molar-refractivity contribution in [3.8, 4) is 0 Å². The lowest BCUT2D eigenvalue weighted by molar-refractivity contribution is -0.134. The summed E-state index contributed by atoms with van der Waals surface area (Å²) in [6.07, 6.45) is 3.25. The van der Waals surface area contributed by atoms with Crippen LogP contribution in [0.3, 0.4) is 0 Å². The molecule has 1 unspecified atom stereocenters. The Bertz CT molecular complexity index is 859. The van der Waals surface area contributed by atoms with E-state index in [4.69, 9.17) is 0 Å². The Kier molecular flexibility index (Phi) is 5.95. The van der Waals surface area contributed by atoms with Gasteiger partial charge in [0.15, 0.2) is 0 Å². The summed E-state index contributed by atoms with van der Waals surface area (Å²) >= 11 is 0. The van der Waals surface area contributed by atoms with Gasteiger partial charge in [0.2, 0.25) is 5.91 Å². The molecule has 0 saturated carbocycles. The van der Waals surface area contributed by atoms with E-state index in [-0.39, 0.29) is 17.9 Å². The van der Waals surface area contributed by atoms with E-state index < -0.39 is 0 Å². The number of carbonyl (C=O) groups is 2. The lowest BCUT2D eigenvalue weighted by Crippen LogP contribution is -2.51. The van der Waals surface area contributed by atoms with Crippen LogP contribution >= 0.6 is 0 Å². The average Bonchev–Trinajstić information content (AvgIpc) is 2.79. The molecule has 0 spiro atoms. The molecule has 4 rings (SSSR count). The molecule has 0 bridgehead atoms. The quantitative estimate of drug-likeness (QED) is 0.805. The van der Waals surface area contributed by atoms with E-state index >= 15 is 0 Å². The number of amides is 2. The van der Waals surface area contributed by atoms with E-state index in [2.05, 4.69) is 29.2 Å². The van der Waals surface area contributed by atoms with E-state index in [1.807, 2.05) is 47.2 Å². The van der Waals surface area contributed by atoms with Gasteiger partial charge in [0, 0.05) is 38.8 Å². The van der Waals surface area contributed by atoms with Crippen LogP contribution in [0, 0.1) is 0 Å². The lowest BCUT2D eigenvalue weighted by Gasteiger charge is -2.37. The molecule has 1 aliphatic heterocycles. The minimum atomic E-state index is 0.0764. The number of carbonyl (C=O) groups excluding carboxylic acids is 2. The molecule has 1 atom stereocenters. The van der Waals surface area contributed by atoms with Gasteiger partial charge in [0.05, 0.1) is 12.6 Å². The maximum atomic E-state index is 13.0. The summed E-state index contributed by atoms with van der Waals surface area (Å²) in [5.41, 5.74) is 3.40. The fourth-order valence-electron chi connectivity index (χ4n) is 4.48. The number of nitrogens with zero attached hydrogens (tertiary/aromatic N) is 3. The molecule has 2 aliphatic rings. The second-order valence-corrected chi connectivity index (χ2v) is 8.05. The Morgan fingerprint density at radius 1 is 0.966 bits per heavy atom. The van der Waals surface area contributed by atoms with Crippen LogP contribution in [0.2, 0.25) is 0 Å². The van der Waals surface area contributed by atoms with Gasteiger partial charge >= 0.3 is 0 Å². The van der Waals surface area contributed by atoms with Crippen molar-refractivity contribution in [3.63, 3.8) is 0 Å². The number of benzene rings is 2. The van der Waals surface area contributed by atoms with Crippen LogP contribution in [0.5, 0.6) is 0 Å². The molecule has 2 aromatic carbocycles. The lowest BCUT2D eigenvalue weighted by atomic mass is 9.87. The van der Waals surface area contributed by atoms with Crippen LogP contribution in [0.1, 0.15) is 40.4 Å².